The monoisotopic (exact) mass is 338 g/mol. The minimum atomic E-state index is -0.0519. The van der Waals surface area contributed by atoms with Crippen LogP contribution in [0.3, 0.4) is 0 Å². The van der Waals surface area contributed by atoms with Crippen molar-refractivity contribution in [2.45, 2.75) is 26.2 Å². The lowest BCUT2D eigenvalue weighted by molar-refractivity contribution is -0.117. The van der Waals surface area contributed by atoms with E-state index in [2.05, 4.69) is 5.32 Å². The van der Waals surface area contributed by atoms with Gasteiger partial charge in [-0.2, -0.15) is 0 Å². The molecule has 0 bridgehead atoms. The first-order chi connectivity index (χ1) is 12.1. The number of benzene rings is 2. The van der Waals surface area contributed by atoms with Crippen molar-refractivity contribution in [2.75, 3.05) is 23.4 Å². The van der Waals surface area contributed by atoms with Gasteiger partial charge in [-0.05, 0) is 42.7 Å². The number of nitrogens with one attached hydrogen (secondary N) is 1. The fourth-order valence-electron chi connectivity index (χ4n) is 2.95. The minimum Gasteiger partial charge on any atom is -0.494 e. The maximum atomic E-state index is 12.1. The normalized spacial score (nSPS) is 12.6. The molecular weight excluding hydrogens is 316 g/mol. The molecule has 1 aliphatic heterocycles. The average Bonchev–Trinajstić information content (AvgIpc) is 3.03. The molecule has 3 rings (SSSR count). The second-order valence-corrected chi connectivity index (χ2v) is 6.08. The van der Waals surface area contributed by atoms with Gasteiger partial charge in [0.15, 0.2) is 0 Å². The van der Waals surface area contributed by atoms with Crippen LogP contribution in [0.15, 0.2) is 48.5 Å². The second kappa shape index (κ2) is 7.83. The summed E-state index contributed by atoms with van der Waals surface area (Å²) in [6.45, 7) is 2.77. The molecule has 1 heterocycles. The molecule has 0 aliphatic carbocycles. The van der Waals surface area contributed by atoms with Gasteiger partial charge in [0.05, 0.1) is 6.61 Å². The minimum absolute atomic E-state index is 0.0280. The third kappa shape index (κ3) is 4.38. The molecule has 1 aliphatic rings. The summed E-state index contributed by atoms with van der Waals surface area (Å²) in [6.07, 6.45) is 1.89. The molecule has 25 heavy (non-hydrogen) atoms. The zero-order valence-corrected chi connectivity index (χ0v) is 14.3. The summed E-state index contributed by atoms with van der Waals surface area (Å²) >= 11 is 0. The van der Waals surface area contributed by atoms with Crippen molar-refractivity contribution in [1.82, 2.24) is 0 Å². The molecule has 2 aromatic rings. The van der Waals surface area contributed by atoms with Crippen molar-refractivity contribution < 1.29 is 14.3 Å². The highest BCUT2D eigenvalue weighted by Crippen LogP contribution is 2.30. The Labute approximate surface area is 147 Å². The van der Waals surface area contributed by atoms with Crippen LogP contribution in [0.1, 0.15) is 25.3 Å². The number of anilines is 2. The molecular formula is C20H22N2O3. The summed E-state index contributed by atoms with van der Waals surface area (Å²) in [5, 5.41) is 2.90. The van der Waals surface area contributed by atoms with Crippen LogP contribution in [0, 0.1) is 0 Å². The third-order valence-electron chi connectivity index (χ3n) is 4.20. The van der Waals surface area contributed by atoms with Crippen molar-refractivity contribution >= 4 is 23.2 Å². The Morgan fingerprint density at radius 1 is 1.16 bits per heavy atom. The highest BCUT2D eigenvalue weighted by Gasteiger charge is 2.22. The number of ether oxygens (including phenoxy) is 1. The van der Waals surface area contributed by atoms with E-state index in [4.69, 9.17) is 4.74 Å². The zero-order chi connectivity index (χ0) is 17.6. The summed E-state index contributed by atoms with van der Waals surface area (Å²) in [6, 6.07) is 15.3. The van der Waals surface area contributed by atoms with Crippen LogP contribution in [-0.2, 0) is 16.0 Å². The van der Waals surface area contributed by atoms with Gasteiger partial charge in [-0.3, -0.25) is 9.59 Å². The first-order valence-electron chi connectivity index (χ1n) is 8.52. The lowest BCUT2D eigenvalue weighted by Gasteiger charge is -2.16. The van der Waals surface area contributed by atoms with E-state index in [0.29, 0.717) is 26.0 Å². The van der Waals surface area contributed by atoms with E-state index in [1.165, 1.54) is 0 Å². The lowest BCUT2D eigenvalue weighted by Crippen LogP contribution is -2.25. The SMILES string of the molecule is CC(=O)N1CCc2ccc(NC(=O)CCCOc3ccccc3)cc21. The Bertz CT molecular complexity index is 759. The quantitative estimate of drug-likeness (QED) is 0.821. The van der Waals surface area contributed by atoms with E-state index in [9.17, 15) is 9.59 Å². The molecule has 0 saturated carbocycles. The maximum absolute atomic E-state index is 12.1. The third-order valence-corrected chi connectivity index (χ3v) is 4.20. The van der Waals surface area contributed by atoms with Crippen molar-refractivity contribution in [3.63, 3.8) is 0 Å². The van der Waals surface area contributed by atoms with Gasteiger partial charge in [-0.25, -0.2) is 0 Å². The van der Waals surface area contributed by atoms with E-state index in [1.807, 2.05) is 48.5 Å². The molecule has 5 heteroatoms. The van der Waals surface area contributed by atoms with Crippen LogP contribution in [0.25, 0.3) is 0 Å². The Kier molecular flexibility index (Phi) is 5.33. The average molecular weight is 338 g/mol. The number of carbonyl (C=O) groups excluding carboxylic acids is 2. The van der Waals surface area contributed by atoms with Gasteiger partial charge in [0.25, 0.3) is 0 Å². The number of fused-ring (bicyclic) bond motifs is 1. The number of amides is 2. The zero-order valence-electron chi connectivity index (χ0n) is 14.3. The van der Waals surface area contributed by atoms with Crippen molar-refractivity contribution in [3.05, 3.63) is 54.1 Å². The molecule has 0 saturated heterocycles. The number of nitrogens with zero attached hydrogens (tertiary/aromatic N) is 1. The largest absolute Gasteiger partial charge is 0.494 e. The van der Waals surface area contributed by atoms with Crippen molar-refractivity contribution in [1.29, 1.82) is 0 Å². The second-order valence-electron chi connectivity index (χ2n) is 6.08. The van der Waals surface area contributed by atoms with E-state index in [1.54, 1.807) is 11.8 Å². The summed E-state index contributed by atoms with van der Waals surface area (Å²) < 4.78 is 5.58. The number of hydrogen-bond acceptors (Lipinski definition) is 3. The van der Waals surface area contributed by atoms with E-state index in [0.717, 1.165) is 29.1 Å². The summed E-state index contributed by atoms with van der Waals surface area (Å²) in [5.41, 5.74) is 2.77. The molecule has 0 radical (unpaired) electrons. The summed E-state index contributed by atoms with van der Waals surface area (Å²) in [4.78, 5) is 25.5. The molecule has 0 aromatic heterocycles. The highest BCUT2D eigenvalue weighted by atomic mass is 16.5. The van der Waals surface area contributed by atoms with Crippen LogP contribution in [0.5, 0.6) is 5.75 Å². The van der Waals surface area contributed by atoms with Gasteiger partial charge < -0.3 is 15.0 Å². The first kappa shape index (κ1) is 17.0. The lowest BCUT2D eigenvalue weighted by atomic mass is 10.1. The smallest absolute Gasteiger partial charge is 0.224 e. The van der Waals surface area contributed by atoms with Crippen LogP contribution >= 0.6 is 0 Å². The fraction of sp³-hybridized carbons (Fsp3) is 0.300. The van der Waals surface area contributed by atoms with Crippen molar-refractivity contribution in [2.24, 2.45) is 0 Å². The van der Waals surface area contributed by atoms with Crippen LogP contribution < -0.4 is 15.0 Å². The predicted octanol–water partition coefficient (Wildman–Crippen LogP) is 3.39. The van der Waals surface area contributed by atoms with Gasteiger partial charge in [-0.1, -0.05) is 24.3 Å². The molecule has 0 fully saturated rings. The van der Waals surface area contributed by atoms with Crippen LogP contribution in [0.2, 0.25) is 0 Å². The molecule has 130 valence electrons. The van der Waals surface area contributed by atoms with E-state index >= 15 is 0 Å². The van der Waals surface area contributed by atoms with Crippen molar-refractivity contribution in [3.8, 4) is 5.75 Å². The van der Waals surface area contributed by atoms with Gasteiger partial charge in [0.2, 0.25) is 11.8 Å². The maximum Gasteiger partial charge on any atom is 0.224 e. The molecule has 2 amide bonds. The van der Waals surface area contributed by atoms with Gasteiger partial charge >= 0.3 is 0 Å². The summed E-state index contributed by atoms with van der Waals surface area (Å²) in [5.74, 6) is 0.787. The van der Waals surface area contributed by atoms with E-state index < -0.39 is 0 Å². The Morgan fingerprint density at radius 2 is 1.96 bits per heavy atom. The highest BCUT2D eigenvalue weighted by molar-refractivity contribution is 5.96. The Balaban J connectivity index is 1.48. The standard InChI is InChI=1S/C20H22N2O3/c1-15(23)22-12-11-16-9-10-17(14-19(16)22)21-20(24)8-5-13-25-18-6-3-2-4-7-18/h2-4,6-7,9-10,14H,5,8,11-13H2,1H3,(H,21,24). The number of hydrogen-bond donors (Lipinski definition) is 1. The molecule has 0 spiro atoms. The fourth-order valence-corrected chi connectivity index (χ4v) is 2.95. The number of para-hydroxylation sites is 1. The Hall–Kier alpha value is -2.82. The summed E-state index contributed by atoms with van der Waals surface area (Å²) in [7, 11) is 0. The van der Waals surface area contributed by atoms with Crippen LogP contribution in [0.4, 0.5) is 11.4 Å². The molecule has 0 unspecified atom stereocenters. The molecule has 1 N–H and O–H groups in total. The Morgan fingerprint density at radius 3 is 2.72 bits per heavy atom. The number of carbonyl (C=O) groups is 2. The van der Waals surface area contributed by atoms with Gasteiger partial charge in [-0.15, -0.1) is 0 Å². The topological polar surface area (TPSA) is 58.6 Å². The van der Waals surface area contributed by atoms with E-state index in [-0.39, 0.29) is 11.8 Å². The first-order valence-corrected chi connectivity index (χ1v) is 8.52. The number of rotatable bonds is 6. The van der Waals surface area contributed by atoms with Gasteiger partial charge in [0, 0.05) is 31.3 Å². The van der Waals surface area contributed by atoms with Gasteiger partial charge in [0.1, 0.15) is 5.75 Å². The molecule has 5 nitrogen and oxygen atoms in total. The molecule has 0 atom stereocenters. The predicted molar refractivity (Wildman–Crippen MR) is 98.0 cm³/mol. The van der Waals surface area contributed by atoms with Crippen LogP contribution in [-0.4, -0.2) is 25.0 Å². The molecule has 2 aromatic carbocycles.